The van der Waals surface area contributed by atoms with Crippen LogP contribution in [-0.2, 0) is 0 Å². The molecule has 1 aromatic heterocycles. The van der Waals surface area contributed by atoms with E-state index < -0.39 is 0 Å². The van der Waals surface area contributed by atoms with Crippen molar-refractivity contribution in [3.63, 3.8) is 0 Å². The Morgan fingerprint density at radius 1 is 1.62 bits per heavy atom. The summed E-state index contributed by atoms with van der Waals surface area (Å²) in [6.45, 7) is 4.80. The molecule has 1 amide bonds. The molecule has 5 heteroatoms. The van der Waals surface area contributed by atoms with Gasteiger partial charge in [0.2, 0.25) is 0 Å². The molecule has 0 spiro atoms. The van der Waals surface area contributed by atoms with Crippen molar-refractivity contribution in [3.8, 4) is 0 Å². The summed E-state index contributed by atoms with van der Waals surface area (Å²) in [6.07, 6.45) is 2.31. The van der Waals surface area contributed by atoms with Gasteiger partial charge in [-0.3, -0.25) is 4.79 Å². The SMILES string of the molecule is Cc1ncsc1C(=O)NCC1CCNCC1. The highest BCUT2D eigenvalue weighted by molar-refractivity contribution is 7.11. The Morgan fingerprint density at radius 3 is 3.00 bits per heavy atom. The van der Waals surface area contributed by atoms with E-state index in [1.54, 1.807) is 5.51 Å². The fraction of sp³-hybridized carbons (Fsp3) is 0.636. The van der Waals surface area contributed by atoms with Gasteiger partial charge in [0, 0.05) is 6.54 Å². The van der Waals surface area contributed by atoms with Crippen LogP contribution in [-0.4, -0.2) is 30.5 Å². The summed E-state index contributed by atoms with van der Waals surface area (Å²) in [7, 11) is 0. The van der Waals surface area contributed by atoms with Crippen molar-refractivity contribution in [2.24, 2.45) is 5.92 Å². The summed E-state index contributed by atoms with van der Waals surface area (Å²) >= 11 is 1.41. The number of aromatic nitrogens is 1. The normalized spacial score (nSPS) is 17.3. The third-order valence-electron chi connectivity index (χ3n) is 2.96. The van der Waals surface area contributed by atoms with Crippen molar-refractivity contribution in [2.45, 2.75) is 19.8 Å². The maximum Gasteiger partial charge on any atom is 0.263 e. The first-order valence-corrected chi connectivity index (χ1v) is 6.54. The van der Waals surface area contributed by atoms with E-state index in [4.69, 9.17) is 0 Å². The molecule has 0 bridgehead atoms. The van der Waals surface area contributed by atoms with E-state index in [1.165, 1.54) is 11.3 Å². The summed E-state index contributed by atoms with van der Waals surface area (Å²) in [6, 6.07) is 0. The lowest BCUT2D eigenvalue weighted by molar-refractivity contribution is 0.0947. The predicted molar refractivity (Wildman–Crippen MR) is 64.8 cm³/mol. The average Bonchev–Trinajstić information content (AvgIpc) is 2.74. The van der Waals surface area contributed by atoms with E-state index >= 15 is 0 Å². The highest BCUT2D eigenvalue weighted by Gasteiger charge is 2.16. The molecule has 0 aromatic carbocycles. The van der Waals surface area contributed by atoms with Crippen molar-refractivity contribution in [1.82, 2.24) is 15.6 Å². The van der Waals surface area contributed by atoms with Gasteiger partial charge in [-0.05, 0) is 38.8 Å². The van der Waals surface area contributed by atoms with Crippen molar-refractivity contribution in [1.29, 1.82) is 0 Å². The van der Waals surface area contributed by atoms with Gasteiger partial charge in [0.05, 0.1) is 11.2 Å². The van der Waals surface area contributed by atoms with Crippen LogP contribution in [0.15, 0.2) is 5.51 Å². The molecule has 16 heavy (non-hydrogen) atoms. The van der Waals surface area contributed by atoms with Crippen LogP contribution >= 0.6 is 11.3 Å². The zero-order valence-electron chi connectivity index (χ0n) is 9.45. The molecule has 2 heterocycles. The molecule has 0 saturated carbocycles. The highest BCUT2D eigenvalue weighted by atomic mass is 32.1. The molecule has 1 saturated heterocycles. The molecule has 2 N–H and O–H groups in total. The number of hydrogen-bond donors (Lipinski definition) is 2. The molecule has 0 aliphatic carbocycles. The summed E-state index contributed by atoms with van der Waals surface area (Å²) < 4.78 is 0. The molecular formula is C11H17N3OS. The molecule has 2 rings (SSSR count). The summed E-state index contributed by atoms with van der Waals surface area (Å²) in [5.41, 5.74) is 2.54. The van der Waals surface area contributed by atoms with Gasteiger partial charge in [0.15, 0.2) is 0 Å². The lowest BCUT2D eigenvalue weighted by atomic mass is 9.98. The first kappa shape index (κ1) is 11.5. The van der Waals surface area contributed by atoms with Crippen LogP contribution in [0.3, 0.4) is 0 Å². The van der Waals surface area contributed by atoms with E-state index in [0.717, 1.165) is 43.0 Å². The maximum absolute atomic E-state index is 11.8. The number of piperidine rings is 1. The summed E-state index contributed by atoms with van der Waals surface area (Å²) in [5.74, 6) is 0.650. The second kappa shape index (κ2) is 5.41. The molecule has 1 fully saturated rings. The molecule has 88 valence electrons. The second-order valence-electron chi connectivity index (χ2n) is 4.17. The summed E-state index contributed by atoms with van der Waals surface area (Å²) in [5, 5.41) is 6.32. The standard InChI is InChI=1S/C11H17N3OS/c1-8-10(16-7-14-8)11(15)13-6-9-2-4-12-5-3-9/h7,9,12H,2-6H2,1H3,(H,13,15). The van der Waals surface area contributed by atoms with Gasteiger partial charge >= 0.3 is 0 Å². The third-order valence-corrected chi connectivity index (χ3v) is 3.89. The zero-order chi connectivity index (χ0) is 11.4. The van der Waals surface area contributed by atoms with Gasteiger partial charge in [-0.15, -0.1) is 11.3 Å². The van der Waals surface area contributed by atoms with Crippen LogP contribution < -0.4 is 10.6 Å². The second-order valence-corrected chi connectivity index (χ2v) is 5.03. The van der Waals surface area contributed by atoms with Gasteiger partial charge in [0.25, 0.3) is 5.91 Å². The fourth-order valence-electron chi connectivity index (χ4n) is 1.92. The van der Waals surface area contributed by atoms with E-state index in [2.05, 4.69) is 15.6 Å². The van der Waals surface area contributed by atoms with E-state index in [0.29, 0.717) is 5.92 Å². The van der Waals surface area contributed by atoms with E-state index in [9.17, 15) is 4.79 Å². The van der Waals surface area contributed by atoms with Gasteiger partial charge in [-0.25, -0.2) is 4.98 Å². The highest BCUT2D eigenvalue weighted by Crippen LogP contribution is 2.13. The van der Waals surface area contributed by atoms with Gasteiger partial charge < -0.3 is 10.6 Å². The van der Waals surface area contributed by atoms with Crippen LogP contribution in [0.4, 0.5) is 0 Å². The summed E-state index contributed by atoms with van der Waals surface area (Å²) in [4.78, 5) is 16.6. The average molecular weight is 239 g/mol. The molecule has 0 radical (unpaired) electrons. The third kappa shape index (κ3) is 2.80. The van der Waals surface area contributed by atoms with Crippen LogP contribution in [0.1, 0.15) is 28.2 Å². The molecule has 0 atom stereocenters. The molecule has 4 nitrogen and oxygen atoms in total. The number of hydrogen-bond acceptors (Lipinski definition) is 4. The van der Waals surface area contributed by atoms with Crippen LogP contribution in [0.25, 0.3) is 0 Å². The first-order valence-electron chi connectivity index (χ1n) is 5.66. The maximum atomic E-state index is 11.8. The molecule has 1 aliphatic heterocycles. The molecule has 1 aromatic rings. The lowest BCUT2D eigenvalue weighted by Gasteiger charge is -2.22. The molecule has 1 aliphatic rings. The number of carbonyl (C=O) groups excluding carboxylic acids is 1. The Labute approximate surface area is 99.5 Å². The van der Waals surface area contributed by atoms with Crippen molar-refractivity contribution < 1.29 is 4.79 Å². The Balaban J connectivity index is 1.81. The van der Waals surface area contributed by atoms with Crippen molar-refractivity contribution >= 4 is 17.2 Å². The number of rotatable bonds is 3. The monoisotopic (exact) mass is 239 g/mol. The van der Waals surface area contributed by atoms with Crippen LogP contribution in [0.2, 0.25) is 0 Å². The minimum atomic E-state index is 0.0264. The number of carbonyl (C=O) groups is 1. The number of nitrogens with zero attached hydrogens (tertiary/aromatic N) is 1. The quantitative estimate of drug-likeness (QED) is 0.833. The smallest absolute Gasteiger partial charge is 0.263 e. The number of nitrogens with one attached hydrogen (secondary N) is 2. The minimum absolute atomic E-state index is 0.0264. The van der Waals surface area contributed by atoms with Gasteiger partial charge in [0.1, 0.15) is 4.88 Å². The fourth-order valence-corrected chi connectivity index (χ4v) is 2.64. The lowest BCUT2D eigenvalue weighted by Crippen LogP contribution is -2.35. The van der Waals surface area contributed by atoms with E-state index in [-0.39, 0.29) is 5.91 Å². The van der Waals surface area contributed by atoms with Gasteiger partial charge in [-0.1, -0.05) is 0 Å². The van der Waals surface area contributed by atoms with Crippen LogP contribution in [0.5, 0.6) is 0 Å². The van der Waals surface area contributed by atoms with Crippen molar-refractivity contribution in [2.75, 3.05) is 19.6 Å². The predicted octanol–water partition coefficient (Wildman–Crippen LogP) is 1.18. The number of thiazole rings is 1. The first-order chi connectivity index (χ1) is 7.77. The van der Waals surface area contributed by atoms with Crippen LogP contribution in [0, 0.1) is 12.8 Å². The van der Waals surface area contributed by atoms with E-state index in [1.807, 2.05) is 6.92 Å². The van der Waals surface area contributed by atoms with Crippen molar-refractivity contribution in [3.05, 3.63) is 16.1 Å². The Morgan fingerprint density at radius 2 is 2.38 bits per heavy atom. The number of aryl methyl sites for hydroxylation is 1. The Bertz CT molecular complexity index is 358. The molecular weight excluding hydrogens is 222 g/mol. The minimum Gasteiger partial charge on any atom is -0.351 e. The molecule has 0 unspecified atom stereocenters. The zero-order valence-corrected chi connectivity index (χ0v) is 10.3. The topological polar surface area (TPSA) is 54.0 Å². The number of amides is 1. The largest absolute Gasteiger partial charge is 0.351 e. The Kier molecular flexibility index (Phi) is 3.90. The van der Waals surface area contributed by atoms with Gasteiger partial charge in [-0.2, -0.15) is 0 Å². The Hall–Kier alpha value is -0.940.